The van der Waals surface area contributed by atoms with Crippen LogP contribution in [0.1, 0.15) is 17.7 Å². The Balaban J connectivity index is 1.61. The fraction of sp³-hybridized carbons (Fsp3) is 0.400. The summed E-state index contributed by atoms with van der Waals surface area (Å²) in [5, 5.41) is 4.78. The normalized spacial score (nSPS) is 18.6. The molecule has 2 heterocycles. The molecule has 3 nitrogen and oxygen atoms in total. The second-order valence-corrected chi connectivity index (χ2v) is 6.56. The molecule has 1 fully saturated rings. The lowest BCUT2D eigenvalue weighted by Gasteiger charge is -2.07. The van der Waals surface area contributed by atoms with Crippen LogP contribution in [-0.4, -0.2) is 19.1 Å². The summed E-state index contributed by atoms with van der Waals surface area (Å²) in [4.78, 5) is 12.9. The van der Waals surface area contributed by atoms with Crippen LogP contribution < -0.4 is 5.32 Å². The molecule has 106 valence electrons. The molecular formula is C15H16ClNO2S. The molecule has 5 heteroatoms. The van der Waals surface area contributed by atoms with Crippen LogP contribution in [0.5, 0.6) is 0 Å². The van der Waals surface area contributed by atoms with E-state index in [2.05, 4.69) is 5.32 Å². The zero-order valence-corrected chi connectivity index (χ0v) is 12.6. The molecule has 0 saturated carbocycles. The molecule has 1 amide bonds. The molecule has 1 atom stereocenters. The fourth-order valence-electron chi connectivity index (χ4n) is 2.44. The summed E-state index contributed by atoms with van der Waals surface area (Å²) in [7, 11) is 0. The average molecular weight is 310 g/mol. The first-order valence-corrected chi connectivity index (χ1v) is 7.94. The molecule has 0 unspecified atom stereocenters. The Morgan fingerprint density at radius 1 is 1.45 bits per heavy atom. The Morgan fingerprint density at radius 2 is 2.30 bits per heavy atom. The number of carbonyl (C=O) groups excluding carboxylic acids is 1. The van der Waals surface area contributed by atoms with Gasteiger partial charge >= 0.3 is 0 Å². The molecule has 0 aliphatic carbocycles. The molecule has 0 spiro atoms. The first kappa shape index (κ1) is 13.9. The summed E-state index contributed by atoms with van der Waals surface area (Å²) < 4.78 is 6.44. The highest BCUT2D eigenvalue weighted by molar-refractivity contribution is 7.19. The molecule has 1 aromatic carbocycles. The number of halogens is 1. The molecule has 2 aromatic rings. The lowest BCUT2D eigenvalue weighted by atomic mass is 10.1. The van der Waals surface area contributed by atoms with Crippen LogP contribution in [0.15, 0.2) is 24.3 Å². The van der Waals surface area contributed by atoms with Crippen molar-refractivity contribution in [2.75, 3.05) is 13.2 Å². The Bertz CT molecular complexity index is 619. The van der Waals surface area contributed by atoms with Crippen molar-refractivity contribution in [3.05, 3.63) is 34.2 Å². The summed E-state index contributed by atoms with van der Waals surface area (Å²) in [6, 6.07) is 8.03. The molecule has 20 heavy (non-hydrogen) atoms. The van der Waals surface area contributed by atoms with Gasteiger partial charge in [0.2, 0.25) is 5.91 Å². The van der Waals surface area contributed by atoms with E-state index in [0.29, 0.717) is 25.5 Å². The van der Waals surface area contributed by atoms with E-state index in [1.165, 1.54) is 0 Å². The topological polar surface area (TPSA) is 38.3 Å². The van der Waals surface area contributed by atoms with Gasteiger partial charge in [-0.15, -0.1) is 11.3 Å². The Kier molecular flexibility index (Phi) is 4.24. The van der Waals surface area contributed by atoms with Crippen molar-refractivity contribution in [3.63, 3.8) is 0 Å². The zero-order chi connectivity index (χ0) is 13.9. The number of ether oxygens (including phenoxy) is 1. The quantitative estimate of drug-likeness (QED) is 0.937. The minimum atomic E-state index is 0.0778. The maximum atomic E-state index is 11.9. The number of benzene rings is 1. The number of hydrogen-bond acceptors (Lipinski definition) is 3. The molecule has 3 rings (SSSR count). The van der Waals surface area contributed by atoms with E-state index >= 15 is 0 Å². The Labute approximate surface area is 126 Å². The standard InChI is InChI=1S/C15H16ClNO2S/c16-15-11-3-1-2-4-12(11)20-13(15)8-17-14(18)7-10-5-6-19-9-10/h1-4,10H,5-9H2,(H,17,18)/t10-/m0/s1. The van der Waals surface area contributed by atoms with Crippen molar-refractivity contribution in [3.8, 4) is 0 Å². The van der Waals surface area contributed by atoms with Crippen molar-refractivity contribution in [1.82, 2.24) is 5.32 Å². The van der Waals surface area contributed by atoms with E-state index in [-0.39, 0.29) is 5.91 Å². The van der Waals surface area contributed by atoms with E-state index in [1.807, 2.05) is 24.3 Å². The minimum absolute atomic E-state index is 0.0778. The van der Waals surface area contributed by atoms with E-state index in [4.69, 9.17) is 16.3 Å². The molecule has 0 radical (unpaired) electrons. The number of fused-ring (bicyclic) bond motifs is 1. The zero-order valence-electron chi connectivity index (χ0n) is 11.0. The van der Waals surface area contributed by atoms with Gasteiger partial charge in [-0.2, -0.15) is 0 Å². The lowest BCUT2D eigenvalue weighted by Crippen LogP contribution is -2.25. The highest BCUT2D eigenvalue weighted by Crippen LogP contribution is 2.34. The van der Waals surface area contributed by atoms with Crippen LogP contribution >= 0.6 is 22.9 Å². The SMILES string of the molecule is O=C(C[C@@H]1CCOC1)NCc1sc2ccccc2c1Cl. The highest BCUT2D eigenvalue weighted by atomic mass is 35.5. The van der Waals surface area contributed by atoms with E-state index < -0.39 is 0 Å². The van der Waals surface area contributed by atoms with Crippen LogP contribution in [-0.2, 0) is 16.1 Å². The van der Waals surface area contributed by atoms with Crippen molar-refractivity contribution in [1.29, 1.82) is 0 Å². The predicted molar refractivity (Wildman–Crippen MR) is 82.2 cm³/mol. The van der Waals surface area contributed by atoms with Crippen LogP contribution in [0.4, 0.5) is 0 Å². The second-order valence-electron chi connectivity index (χ2n) is 5.05. The van der Waals surface area contributed by atoms with Gasteiger partial charge < -0.3 is 10.1 Å². The third-order valence-electron chi connectivity index (χ3n) is 3.55. The van der Waals surface area contributed by atoms with Crippen LogP contribution in [0.3, 0.4) is 0 Å². The van der Waals surface area contributed by atoms with E-state index in [9.17, 15) is 4.79 Å². The lowest BCUT2D eigenvalue weighted by molar-refractivity contribution is -0.122. The van der Waals surface area contributed by atoms with Gasteiger partial charge in [-0.05, 0) is 18.4 Å². The number of rotatable bonds is 4. The average Bonchev–Trinajstić information content (AvgIpc) is 3.06. The number of hydrogen-bond donors (Lipinski definition) is 1. The minimum Gasteiger partial charge on any atom is -0.381 e. The van der Waals surface area contributed by atoms with Crippen LogP contribution in [0, 0.1) is 5.92 Å². The maximum Gasteiger partial charge on any atom is 0.220 e. The first-order valence-electron chi connectivity index (χ1n) is 6.74. The van der Waals surface area contributed by atoms with Crippen LogP contribution in [0.25, 0.3) is 10.1 Å². The van der Waals surface area contributed by atoms with Crippen LogP contribution in [0.2, 0.25) is 5.02 Å². The second kappa shape index (κ2) is 6.12. The van der Waals surface area contributed by atoms with Crippen molar-refractivity contribution in [2.45, 2.75) is 19.4 Å². The summed E-state index contributed by atoms with van der Waals surface area (Å²) in [6.07, 6.45) is 1.53. The third-order valence-corrected chi connectivity index (χ3v) is 5.26. The van der Waals surface area contributed by atoms with Crippen molar-refractivity contribution < 1.29 is 9.53 Å². The Hall–Kier alpha value is -1.10. The molecule has 1 N–H and O–H groups in total. The number of nitrogens with one attached hydrogen (secondary N) is 1. The smallest absolute Gasteiger partial charge is 0.220 e. The first-order chi connectivity index (χ1) is 9.74. The van der Waals surface area contributed by atoms with Gasteiger partial charge in [0.25, 0.3) is 0 Å². The number of carbonyl (C=O) groups is 1. The van der Waals surface area contributed by atoms with Gasteiger partial charge in [0, 0.05) is 34.6 Å². The summed E-state index contributed by atoms with van der Waals surface area (Å²) >= 11 is 7.99. The number of thiophene rings is 1. The van der Waals surface area contributed by atoms with Gasteiger partial charge in [0.05, 0.1) is 11.6 Å². The van der Waals surface area contributed by atoms with Gasteiger partial charge in [-0.3, -0.25) is 4.79 Å². The third kappa shape index (κ3) is 2.97. The predicted octanol–water partition coefficient (Wildman–Crippen LogP) is 3.60. The largest absolute Gasteiger partial charge is 0.381 e. The van der Waals surface area contributed by atoms with Gasteiger partial charge in [-0.1, -0.05) is 29.8 Å². The number of amides is 1. The van der Waals surface area contributed by atoms with Crippen molar-refractivity contribution in [2.24, 2.45) is 5.92 Å². The van der Waals surface area contributed by atoms with E-state index in [0.717, 1.165) is 33.0 Å². The van der Waals surface area contributed by atoms with Crippen molar-refractivity contribution >= 4 is 38.9 Å². The molecule has 1 aliphatic rings. The van der Waals surface area contributed by atoms with Gasteiger partial charge in [0.15, 0.2) is 0 Å². The maximum absolute atomic E-state index is 11.9. The summed E-state index contributed by atoms with van der Waals surface area (Å²) in [5.74, 6) is 0.446. The van der Waals surface area contributed by atoms with Gasteiger partial charge in [-0.25, -0.2) is 0 Å². The van der Waals surface area contributed by atoms with Gasteiger partial charge in [0.1, 0.15) is 0 Å². The highest BCUT2D eigenvalue weighted by Gasteiger charge is 2.19. The monoisotopic (exact) mass is 309 g/mol. The summed E-state index contributed by atoms with van der Waals surface area (Å²) in [6.45, 7) is 1.99. The molecular weight excluding hydrogens is 294 g/mol. The molecule has 0 bridgehead atoms. The Morgan fingerprint density at radius 3 is 3.05 bits per heavy atom. The fourth-order valence-corrected chi connectivity index (χ4v) is 3.88. The molecule has 1 aliphatic heterocycles. The van der Waals surface area contributed by atoms with E-state index in [1.54, 1.807) is 11.3 Å². The molecule has 1 aromatic heterocycles. The summed E-state index contributed by atoms with van der Waals surface area (Å²) in [5.41, 5.74) is 0. The molecule has 1 saturated heterocycles.